The average molecular weight is 544 g/mol. The molecule has 38 heavy (non-hydrogen) atoms. The second-order valence-corrected chi connectivity index (χ2v) is 11.0. The molecule has 2 aromatic carbocycles. The molecule has 2 saturated heterocycles. The zero-order valence-corrected chi connectivity index (χ0v) is 22.2. The molecule has 0 radical (unpaired) electrons. The van der Waals surface area contributed by atoms with Crippen LogP contribution in [0.3, 0.4) is 0 Å². The molecule has 0 bridgehead atoms. The minimum Gasteiger partial charge on any atom is -0.489 e. The Morgan fingerprint density at radius 2 is 1.71 bits per heavy atom. The van der Waals surface area contributed by atoms with Gasteiger partial charge >= 0.3 is 0 Å². The summed E-state index contributed by atoms with van der Waals surface area (Å²) in [4.78, 5) is 30.5. The van der Waals surface area contributed by atoms with E-state index in [1.54, 1.807) is 30.3 Å². The lowest BCUT2D eigenvalue weighted by molar-refractivity contribution is -0.141. The molecule has 1 amide bonds. The topological polar surface area (TPSA) is 82.1 Å². The second-order valence-electron chi connectivity index (χ2n) is 10.6. The zero-order chi connectivity index (χ0) is 26.6. The summed E-state index contributed by atoms with van der Waals surface area (Å²) in [6, 6.07) is 10.9. The number of carbonyl (C=O) groups is 2. The molecule has 5 rings (SSSR count). The smallest absolute Gasteiger partial charge is 0.288 e. The molecule has 1 aliphatic carbocycles. The van der Waals surface area contributed by atoms with Crippen molar-refractivity contribution in [1.82, 2.24) is 10.2 Å². The second kappa shape index (κ2) is 12.0. The molecule has 2 N–H and O–H groups in total. The molecule has 0 unspecified atom stereocenters. The van der Waals surface area contributed by atoms with Gasteiger partial charge in [-0.1, -0.05) is 17.7 Å². The number of carbonyl (C=O) groups excluding carboxylic acids is 2. The van der Waals surface area contributed by atoms with Crippen molar-refractivity contribution in [2.45, 2.75) is 56.8 Å². The van der Waals surface area contributed by atoms with Gasteiger partial charge in [0.2, 0.25) is 5.78 Å². The van der Waals surface area contributed by atoms with Crippen molar-refractivity contribution >= 4 is 29.0 Å². The highest BCUT2D eigenvalue weighted by Crippen LogP contribution is 2.34. The van der Waals surface area contributed by atoms with Crippen molar-refractivity contribution in [3.63, 3.8) is 0 Å². The van der Waals surface area contributed by atoms with Crippen molar-refractivity contribution in [3.8, 4) is 5.75 Å². The zero-order valence-electron chi connectivity index (χ0n) is 21.5. The Morgan fingerprint density at radius 3 is 2.34 bits per heavy atom. The van der Waals surface area contributed by atoms with E-state index in [0.29, 0.717) is 48.8 Å². The number of piperidine rings is 1. The molecule has 2 heterocycles. The summed E-state index contributed by atoms with van der Waals surface area (Å²) in [5, 5.41) is 14.6. The molecule has 0 spiro atoms. The fourth-order valence-corrected chi connectivity index (χ4v) is 5.57. The van der Waals surface area contributed by atoms with E-state index in [1.165, 1.54) is 12.1 Å². The van der Waals surface area contributed by atoms with Crippen LogP contribution in [0.15, 0.2) is 42.5 Å². The first-order chi connectivity index (χ1) is 18.4. The maximum atomic E-state index is 13.3. The molecule has 3 aliphatic rings. The minimum absolute atomic E-state index is 0.207. The van der Waals surface area contributed by atoms with Gasteiger partial charge in [0.1, 0.15) is 17.7 Å². The number of rotatable bonds is 10. The van der Waals surface area contributed by atoms with Crippen LogP contribution in [0.4, 0.5) is 10.1 Å². The lowest BCUT2D eigenvalue weighted by Gasteiger charge is -2.33. The van der Waals surface area contributed by atoms with Gasteiger partial charge in [0.05, 0.1) is 17.2 Å². The molecule has 2 aromatic rings. The first-order valence-electron chi connectivity index (χ1n) is 13.6. The number of ketones is 1. The molecular weight excluding hydrogens is 509 g/mol. The Hall–Kier alpha value is -2.68. The number of hydrogen-bond acceptors (Lipinski definition) is 6. The molecule has 0 aromatic heterocycles. The maximum Gasteiger partial charge on any atom is 0.288 e. The molecule has 2 atom stereocenters. The first kappa shape index (κ1) is 26.9. The van der Waals surface area contributed by atoms with Gasteiger partial charge < -0.3 is 25.0 Å². The Labute approximate surface area is 227 Å². The summed E-state index contributed by atoms with van der Waals surface area (Å²) in [5.74, 6) is -1.19. The van der Waals surface area contributed by atoms with Crippen LogP contribution in [0.1, 0.15) is 50.2 Å². The van der Waals surface area contributed by atoms with Crippen LogP contribution in [0.25, 0.3) is 0 Å². The van der Waals surface area contributed by atoms with Gasteiger partial charge in [0.25, 0.3) is 5.91 Å². The molecule has 9 heteroatoms. The molecule has 7 nitrogen and oxygen atoms in total. The lowest BCUT2D eigenvalue weighted by Crippen LogP contribution is -2.50. The van der Waals surface area contributed by atoms with Crippen molar-refractivity contribution in [2.75, 3.05) is 37.6 Å². The van der Waals surface area contributed by atoms with Crippen LogP contribution < -0.4 is 15.0 Å². The van der Waals surface area contributed by atoms with Crippen LogP contribution in [-0.2, 0) is 9.59 Å². The van der Waals surface area contributed by atoms with Crippen molar-refractivity contribution in [3.05, 3.63) is 58.9 Å². The number of amides is 1. The Balaban J connectivity index is 1.22. The van der Waals surface area contributed by atoms with E-state index < -0.39 is 23.8 Å². The lowest BCUT2D eigenvalue weighted by atomic mass is 9.91. The number of anilines is 1. The Morgan fingerprint density at radius 1 is 1.03 bits per heavy atom. The third-order valence-corrected chi connectivity index (χ3v) is 8.04. The van der Waals surface area contributed by atoms with Gasteiger partial charge in [-0.2, -0.15) is 0 Å². The minimum atomic E-state index is -1.03. The van der Waals surface area contributed by atoms with E-state index in [4.69, 9.17) is 16.3 Å². The summed E-state index contributed by atoms with van der Waals surface area (Å²) in [6.45, 7) is 3.46. The third-order valence-electron chi connectivity index (χ3n) is 7.75. The van der Waals surface area contributed by atoms with Crippen LogP contribution in [0.5, 0.6) is 5.75 Å². The number of halogens is 2. The summed E-state index contributed by atoms with van der Waals surface area (Å²) >= 11 is 6.43. The number of hydrogen-bond donors (Lipinski definition) is 2. The van der Waals surface area contributed by atoms with E-state index >= 15 is 0 Å². The van der Waals surface area contributed by atoms with Crippen LogP contribution in [0, 0.1) is 11.7 Å². The number of likely N-dealkylation sites (tertiary alicyclic amines) is 1. The summed E-state index contributed by atoms with van der Waals surface area (Å²) in [5.41, 5.74) is 1.48. The largest absolute Gasteiger partial charge is 0.489 e. The van der Waals surface area contributed by atoms with Crippen molar-refractivity contribution < 1.29 is 23.8 Å². The van der Waals surface area contributed by atoms with E-state index in [0.717, 1.165) is 44.5 Å². The number of nitrogens with one attached hydrogen (secondary N) is 1. The van der Waals surface area contributed by atoms with Crippen molar-refractivity contribution in [1.29, 1.82) is 0 Å². The summed E-state index contributed by atoms with van der Waals surface area (Å²) in [7, 11) is 0. The highest BCUT2D eigenvalue weighted by atomic mass is 35.5. The van der Waals surface area contributed by atoms with Gasteiger partial charge in [-0.15, -0.1) is 0 Å². The van der Waals surface area contributed by atoms with Gasteiger partial charge in [0.15, 0.2) is 0 Å². The van der Waals surface area contributed by atoms with E-state index in [2.05, 4.69) is 15.1 Å². The predicted molar refractivity (Wildman–Crippen MR) is 144 cm³/mol. The third kappa shape index (κ3) is 6.65. The highest BCUT2D eigenvalue weighted by Gasteiger charge is 2.33. The number of Topliss-reactive ketones (excluding diaryl/α,β-unsaturated/α-hetero) is 1. The van der Waals surface area contributed by atoms with Gasteiger partial charge in [-0.3, -0.25) is 9.59 Å². The highest BCUT2D eigenvalue weighted by molar-refractivity contribution is 6.37. The van der Waals surface area contributed by atoms with E-state index in [-0.39, 0.29) is 17.8 Å². The number of nitrogens with zero attached hydrogens (tertiary/aromatic N) is 2. The normalized spacial score (nSPS) is 20.2. The standard InChI is InChI=1S/C29H35ClFN3O4/c30-24-17-20(3-10-26(24)38-23-8-9-23)27(35)25(18-33-13-1-2-14-33)32-29(37)28(36)19-11-15-34(16-12-19)22-6-4-21(31)5-7-22/h3-7,10,17,19,23,25,27,35H,1-2,8-9,11-16,18H2,(H,32,37)/t25-,27-/m1/s1. The van der Waals surface area contributed by atoms with Crippen molar-refractivity contribution in [2.24, 2.45) is 5.92 Å². The fraction of sp³-hybridized carbons (Fsp3) is 0.517. The fourth-order valence-electron chi connectivity index (χ4n) is 5.34. The first-order valence-corrected chi connectivity index (χ1v) is 14.0. The number of aliphatic hydroxyl groups is 1. The molecular formula is C29H35ClFN3O4. The van der Waals surface area contributed by atoms with Crippen LogP contribution >= 0.6 is 11.6 Å². The molecule has 3 fully saturated rings. The van der Waals surface area contributed by atoms with Crippen LogP contribution in [-0.4, -0.2) is 66.6 Å². The SMILES string of the molecule is O=C(N[C@H](CN1CCCC1)[C@H](O)c1ccc(OC2CC2)c(Cl)c1)C(=O)C1CCN(c2ccc(F)cc2)CC1. The van der Waals surface area contributed by atoms with Gasteiger partial charge in [-0.05, 0) is 93.6 Å². The summed E-state index contributed by atoms with van der Waals surface area (Å²) < 4.78 is 19.1. The number of ether oxygens (including phenoxy) is 1. The Kier molecular flexibility index (Phi) is 8.51. The Bertz CT molecular complexity index is 1130. The van der Waals surface area contributed by atoms with E-state index in [9.17, 15) is 19.1 Å². The molecule has 204 valence electrons. The van der Waals surface area contributed by atoms with Gasteiger partial charge in [0, 0.05) is 31.2 Å². The average Bonchev–Trinajstić information content (AvgIpc) is 3.60. The summed E-state index contributed by atoms with van der Waals surface area (Å²) in [6.07, 6.45) is 4.44. The maximum absolute atomic E-state index is 13.3. The predicted octanol–water partition coefficient (Wildman–Crippen LogP) is 4.12. The quantitative estimate of drug-likeness (QED) is 0.439. The number of aliphatic hydroxyl groups excluding tert-OH is 1. The molecule has 1 saturated carbocycles. The van der Waals surface area contributed by atoms with E-state index in [1.807, 2.05) is 0 Å². The number of benzene rings is 2. The van der Waals surface area contributed by atoms with Gasteiger partial charge in [-0.25, -0.2) is 4.39 Å². The molecule has 2 aliphatic heterocycles. The monoisotopic (exact) mass is 543 g/mol. The van der Waals surface area contributed by atoms with Crippen LogP contribution in [0.2, 0.25) is 5.02 Å².